The van der Waals surface area contributed by atoms with Crippen molar-refractivity contribution in [1.29, 1.82) is 0 Å². The highest BCUT2D eigenvalue weighted by Gasteiger charge is 1.94. The van der Waals surface area contributed by atoms with Gasteiger partial charge in [0.15, 0.2) is 0 Å². The molecule has 0 spiro atoms. The third-order valence-corrected chi connectivity index (χ3v) is 2.23. The van der Waals surface area contributed by atoms with Crippen LogP contribution in [0.5, 0.6) is 5.75 Å². The van der Waals surface area contributed by atoms with Crippen LogP contribution in [0.3, 0.4) is 0 Å². The number of rotatable bonds is 6. The van der Waals surface area contributed by atoms with E-state index in [0.717, 1.165) is 25.2 Å². The quantitative estimate of drug-likeness (QED) is 0.720. The van der Waals surface area contributed by atoms with Crippen LogP contribution in [0.4, 0.5) is 0 Å². The fraction of sp³-hybridized carbons (Fsp3) is 0.538. The average molecular weight is 209 g/mol. The van der Waals surface area contributed by atoms with E-state index in [2.05, 4.69) is 38.1 Å². The molecule has 0 saturated heterocycles. The molecular formula is C13H23NO. The maximum absolute atomic E-state index is 5.58. The molecular weight excluding hydrogens is 186 g/mol. The molecule has 0 unspecified atom stereocenters. The lowest BCUT2D eigenvalue weighted by molar-refractivity contribution is 0.309. The van der Waals surface area contributed by atoms with E-state index in [1.807, 2.05) is 0 Å². The van der Waals surface area contributed by atoms with Crippen molar-refractivity contribution in [1.82, 2.24) is 6.15 Å². The highest BCUT2D eigenvalue weighted by molar-refractivity contribution is 5.27. The van der Waals surface area contributed by atoms with Gasteiger partial charge in [-0.1, -0.05) is 38.8 Å². The van der Waals surface area contributed by atoms with Gasteiger partial charge in [0.1, 0.15) is 5.75 Å². The number of ether oxygens (including phenoxy) is 1. The van der Waals surface area contributed by atoms with Gasteiger partial charge in [-0.3, -0.25) is 0 Å². The van der Waals surface area contributed by atoms with Gasteiger partial charge in [0.05, 0.1) is 6.61 Å². The Hall–Kier alpha value is -1.02. The van der Waals surface area contributed by atoms with Crippen LogP contribution in [0, 0.1) is 0 Å². The third kappa shape index (κ3) is 5.43. The second kappa shape index (κ2) is 8.30. The van der Waals surface area contributed by atoms with Crippen molar-refractivity contribution in [3.63, 3.8) is 0 Å². The molecule has 0 saturated carbocycles. The van der Waals surface area contributed by atoms with Crippen LogP contribution in [-0.2, 0) is 6.42 Å². The summed E-state index contributed by atoms with van der Waals surface area (Å²) in [6.07, 6.45) is 4.69. The predicted molar refractivity (Wildman–Crippen MR) is 65.9 cm³/mol. The third-order valence-electron chi connectivity index (χ3n) is 2.23. The minimum absolute atomic E-state index is 0. The van der Waals surface area contributed by atoms with Crippen LogP contribution in [0.2, 0.25) is 0 Å². The topological polar surface area (TPSA) is 44.2 Å². The Bertz CT molecular complexity index is 243. The Morgan fingerprint density at radius 2 is 1.67 bits per heavy atom. The Balaban J connectivity index is 0.00000196. The number of benzene rings is 1. The van der Waals surface area contributed by atoms with E-state index in [1.54, 1.807) is 0 Å². The average Bonchev–Trinajstić information content (AvgIpc) is 2.21. The summed E-state index contributed by atoms with van der Waals surface area (Å²) < 4.78 is 5.58. The van der Waals surface area contributed by atoms with E-state index in [9.17, 15) is 0 Å². The summed E-state index contributed by atoms with van der Waals surface area (Å²) in [5, 5.41) is 0. The van der Waals surface area contributed by atoms with Crippen molar-refractivity contribution in [2.24, 2.45) is 0 Å². The van der Waals surface area contributed by atoms with Gasteiger partial charge >= 0.3 is 0 Å². The zero-order valence-electron chi connectivity index (χ0n) is 9.96. The second-order valence-electron chi connectivity index (χ2n) is 3.60. The highest BCUT2D eigenvalue weighted by Crippen LogP contribution is 2.13. The smallest absolute Gasteiger partial charge is 0.119 e. The first-order valence-corrected chi connectivity index (χ1v) is 5.58. The largest absolute Gasteiger partial charge is 0.494 e. The van der Waals surface area contributed by atoms with E-state index in [0.29, 0.717) is 0 Å². The van der Waals surface area contributed by atoms with Crippen molar-refractivity contribution in [3.05, 3.63) is 29.8 Å². The lowest BCUT2D eigenvalue weighted by Gasteiger charge is -2.05. The molecule has 0 bridgehead atoms. The Morgan fingerprint density at radius 3 is 2.20 bits per heavy atom. The zero-order chi connectivity index (χ0) is 10.2. The van der Waals surface area contributed by atoms with E-state index in [4.69, 9.17) is 4.74 Å². The Labute approximate surface area is 93.2 Å². The molecule has 0 fully saturated rings. The number of hydrogen-bond acceptors (Lipinski definition) is 2. The molecule has 0 amide bonds. The molecule has 1 aromatic rings. The standard InChI is InChI=1S/C13H20O.H3N/c1-3-5-11-14-13-9-7-12(6-4-2)8-10-13;/h7-10H,3-6,11H2,1-2H3;1H3. The van der Waals surface area contributed by atoms with Gasteiger partial charge in [0.2, 0.25) is 0 Å². The van der Waals surface area contributed by atoms with Crippen LogP contribution in [0.25, 0.3) is 0 Å². The molecule has 0 aliphatic carbocycles. The van der Waals surface area contributed by atoms with Gasteiger partial charge in [0, 0.05) is 0 Å². The van der Waals surface area contributed by atoms with E-state index in [1.165, 1.54) is 18.4 Å². The highest BCUT2D eigenvalue weighted by atomic mass is 16.5. The van der Waals surface area contributed by atoms with Gasteiger partial charge in [-0.05, 0) is 30.5 Å². The molecule has 0 atom stereocenters. The molecule has 3 N–H and O–H groups in total. The van der Waals surface area contributed by atoms with Gasteiger partial charge in [-0.15, -0.1) is 0 Å². The summed E-state index contributed by atoms with van der Waals surface area (Å²) in [5.41, 5.74) is 1.40. The van der Waals surface area contributed by atoms with Crippen LogP contribution in [-0.4, -0.2) is 6.61 Å². The molecule has 0 aliphatic rings. The van der Waals surface area contributed by atoms with Gasteiger partial charge in [0.25, 0.3) is 0 Å². The summed E-state index contributed by atoms with van der Waals surface area (Å²) in [6, 6.07) is 8.46. The maximum atomic E-state index is 5.58. The van der Waals surface area contributed by atoms with Crippen LogP contribution >= 0.6 is 0 Å². The van der Waals surface area contributed by atoms with Crippen molar-refractivity contribution in [3.8, 4) is 5.75 Å². The monoisotopic (exact) mass is 209 g/mol. The first kappa shape index (κ1) is 14.0. The van der Waals surface area contributed by atoms with Crippen LogP contribution in [0.15, 0.2) is 24.3 Å². The fourth-order valence-corrected chi connectivity index (χ4v) is 1.38. The van der Waals surface area contributed by atoms with Crippen LogP contribution < -0.4 is 10.9 Å². The molecule has 2 heteroatoms. The first-order valence-electron chi connectivity index (χ1n) is 5.58. The summed E-state index contributed by atoms with van der Waals surface area (Å²) in [4.78, 5) is 0. The fourth-order valence-electron chi connectivity index (χ4n) is 1.38. The predicted octanol–water partition coefficient (Wildman–Crippen LogP) is 3.98. The van der Waals surface area contributed by atoms with Crippen molar-refractivity contribution in [2.45, 2.75) is 39.5 Å². The summed E-state index contributed by atoms with van der Waals surface area (Å²) in [6.45, 7) is 5.21. The SMILES string of the molecule is CCCCOc1ccc(CCC)cc1.N. The maximum Gasteiger partial charge on any atom is 0.119 e. The van der Waals surface area contributed by atoms with Crippen molar-refractivity contribution < 1.29 is 4.74 Å². The number of hydrogen-bond donors (Lipinski definition) is 1. The first-order chi connectivity index (χ1) is 6.86. The van der Waals surface area contributed by atoms with Gasteiger partial charge in [-0.2, -0.15) is 0 Å². The van der Waals surface area contributed by atoms with E-state index < -0.39 is 0 Å². The zero-order valence-corrected chi connectivity index (χ0v) is 9.96. The van der Waals surface area contributed by atoms with Gasteiger partial charge in [-0.25, -0.2) is 0 Å². The van der Waals surface area contributed by atoms with Crippen LogP contribution in [0.1, 0.15) is 38.7 Å². The van der Waals surface area contributed by atoms with E-state index in [-0.39, 0.29) is 6.15 Å². The normalized spacial score (nSPS) is 9.47. The lowest BCUT2D eigenvalue weighted by atomic mass is 10.1. The lowest BCUT2D eigenvalue weighted by Crippen LogP contribution is -1.96. The number of unbranched alkanes of at least 4 members (excludes halogenated alkanes) is 1. The minimum Gasteiger partial charge on any atom is -0.494 e. The molecule has 2 nitrogen and oxygen atoms in total. The molecule has 1 rings (SSSR count). The van der Waals surface area contributed by atoms with Crippen molar-refractivity contribution >= 4 is 0 Å². The Morgan fingerprint density at radius 1 is 1.00 bits per heavy atom. The Kier molecular flexibility index (Phi) is 7.74. The molecule has 0 radical (unpaired) electrons. The summed E-state index contributed by atoms with van der Waals surface area (Å²) in [7, 11) is 0. The van der Waals surface area contributed by atoms with E-state index >= 15 is 0 Å². The van der Waals surface area contributed by atoms with Gasteiger partial charge < -0.3 is 10.9 Å². The minimum atomic E-state index is 0. The molecule has 15 heavy (non-hydrogen) atoms. The summed E-state index contributed by atoms with van der Waals surface area (Å²) >= 11 is 0. The molecule has 86 valence electrons. The molecule has 0 heterocycles. The molecule has 1 aromatic carbocycles. The molecule has 0 aliphatic heterocycles. The molecule has 0 aromatic heterocycles. The summed E-state index contributed by atoms with van der Waals surface area (Å²) in [5.74, 6) is 0.998. The second-order valence-corrected chi connectivity index (χ2v) is 3.60. The number of aryl methyl sites for hydroxylation is 1. The van der Waals surface area contributed by atoms with Crippen molar-refractivity contribution in [2.75, 3.05) is 6.61 Å².